The lowest BCUT2D eigenvalue weighted by molar-refractivity contribution is 0.0600. The highest BCUT2D eigenvalue weighted by Gasteiger charge is 2.14. The lowest BCUT2D eigenvalue weighted by Crippen LogP contribution is -2.27. The number of hydrogen-bond acceptors (Lipinski definition) is 6. The largest absolute Gasteiger partial charge is 0.492 e. The number of aryl methyl sites for hydroxylation is 1. The molecule has 1 amide bonds. The molecule has 0 spiro atoms. The summed E-state index contributed by atoms with van der Waals surface area (Å²) < 4.78 is 10.5. The molecular weight excluding hydrogens is 430 g/mol. The van der Waals surface area contributed by atoms with Gasteiger partial charge < -0.3 is 20.2 Å². The fraction of sp³-hybridized carbons (Fsp3) is 0.462. The van der Waals surface area contributed by atoms with Gasteiger partial charge >= 0.3 is 6.09 Å². The number of imidazole rings is 1. The number of aromatic amines is 1. The Hall–Kier alpha value is -3.60. The lowest BCUT2D eigenvalue weighted by atomic mass is 10.00. The summed E-state index contributed by atoms with van der Waals surface area (Å²) in [6, 6.07) is 9.92. The van der Waals surface area contributed by atoms with E-state index in [1.807, 2.05) is 31.2 Å². The van der Waals surface area contributed by atoms with Crippen LogP contribution in [0.1, 0.15) is 59.4 Å². The van der Waals surface area contributed by atoms with Crippen molar-refractivity contribution < 1.29 is 14.3 Å². The molecule has 0 fully saturated rings. The third-order valence-corrected chi connectivity index (χ3v) is 4.73. The number of amides is 1. The summed E-state index contributed by atoms with van der Waals surface area (Å²) in [6.45, 7) is 14.4. The second kappa shape index (κ2) is 11.5. The maximum atomic E-state index is 10.0. The van der Waals surface area contributed by atoms with Crippen LogP contribution >= 0.6 is 0 Å². The molecule has 0 aliphatic heterocycles. The number of pyridine rings is 1. The van der Waals surface area contributed by atoms with E-state index in [9.17, 15) is 10.1 Å². The maximum absolute atomic E-state index is 10.0. The molecule has 0 aliphatic rings. The number of nitrogens with zero attached hydrogens (tertiary/aromatic N) is 3. The van der Waals surface area contributed by atoms with Crippen molar-refractivity contribution in [3.8, 4) is 22.9 Å². The first-order valence-corrected chi connectivity index (χ1v) is 11.4. The number of aromatic nitrogens is 3. The Morgan fingerprint density at radius 1 is 1.24 bits per heavy atom. The van der Waals surface area contributed by atoms with E-state index < -0.39 is 11.7 Å². The van der Waals surface area contributed by atoms with Crippen LogP contribution in [0.4, 0.5) is 4.79 Å². The summed E-state index contributed by atoms with van der Waals surface area (Å²) in [5.74, 6) is 2.55. The van der Waals surface area contributed by atoms with Gasteiger partial charge in [0.25, 0.3) is 0 Å². The van der Waals surface area contributed by atoms with Crippen LogP contribution in [-0.2, 0) is 4.74 Å². The summed E-state index contributed by atoms with van der Waals surface area (Å²) in [5.41, 5.74) is 8.29. The number of ether oxygens (including phenoxy) is 2. The number of hydrogen-bond donors (Lipinski definition) is 2. The minimum Gasteiger partial charge on any atom is -0.492 e. The van der Waals surface area contributed by atoms with E-state index in [0.29, 0.717) is 35.4 Å². The van der Waals surface area contributed by atoms with Gasteiger partial charge in [-0.25, -0.2) is 14.8 Å². The number of primary amides is 1. The van der Waals surface area contributed by atoms with E-state index in [-0.39, 0.29) is 0 Å². The predicted molar refractivity (Wildman–Crippen MR) is 133 cm³/mol. The Bertz CT molecular complexity index is 1160. The van der Waals surface area contributed by atoms with Crippen molar-refractivity contribution in [2.75, 3.05) is 6.61 Å². The normalized spacial score (nSPS) is 12.0. The Kier molecular flexibility index (Phi) is 9.02. The second-order valence-corrected chi connectivity index (χ2v) is 9.78. The monoisotopic (exact) mass is 465 g/mol. The zero-order valence-corrected chi connectivity index (χ0v) is 21.1. The number of benzene rings is 1. The molecule has 3 aromatic rings. The van der Waals surface area contributed by atoms with E-state index in [0.717, 1.165) is 28.9 Å². The zero-order valence-electron chi connectivity index (χ0n) is 21.1. The molecule has 0 aliphatic carbocycles. The Labute approximate surface area is 201 Å². The summed E-state index contributed by atoms with van der Waals surface area (Å²) in [5, 5.41) is 9.56. The zero-order chi connectivity index (χ0) is 25.5. The average molecular weight is 466 g/mol. The third kappa shape index (κ3) is 8.07. The second-order valence-electron chi connectivity index (χ2n) is 9.78. The number of rotatable bonds is 6. The molecule has 2 aromatic heterocycles. The highest BCUT2D eigenvalue weighted by molar-refractivity contribution is 5.90. The molecule has 3 N–H and O–H groups in total. The first kappa shape index (κ1) is 26.7. The Balaban J connectivity index is 0.000000440. The topological polar surface area (TPSA) is 127 Å². The van der Waals surface area contributed by atoms with Gasteiger partial charge in [-0.2, -0.15) is 5.26 Å². The molecule has 1 unspecified atom stereocenters. The summed E-state index contributed by atoms with van der Waals surface area (Å²) in [7, 11) is 0. The number of H-pyrrole nitrogens is 1. The SMILES string of the molecule is CC(C)(C)OC(N)=O.Cc1nc2nccc(-c3ccc(OCC(C)CC(C)C)c(C#N)c3)c2[nH]1. The van der Waals surface area contributed by atoms with Crippen molar-refractivity contribution in [3.05, 3.63) is 41.9 Å². The number of nitriles is 1. The molecule has 1 aromatic carbocycles. The van der Waals surface area contributed by atoms with Crippen molar-refractivity contribution in [2.24, 2.45) is 17.6 Å². The molecular formula is C26H35N5O3. The van der Waals surface area contributed by atoms with Crippen LogP contribution in [-0.4, -0.2) is 33.3 Å². The number of carbonyl (C=O) groups excluding carboxylic acids is 1. The van der Waals surface area contributed by atoms with Gasteiger partial charge in [-0.3, -0.25) is 0 Å². The fourth-order valence-electron chi connectivity index (χ4n) is 3.58. The Morgan fingerprint density at radius 2 is 1.94 bits per heavy atom. The molecule has 0 radical (unpaired) electrons. The van der Waals surface area contributed by atoms with Gasteiger partial charge in [0.15, 0.2) is 5.65 Å². The lowest BCUT2D eigenvalue weighted by Gasteiger charge is -2.16. The van der Waals surface area contributed by atoms with E-state index in [4.69, 9.17) is 10.5 Å². The quantitative estimate of drug-likeness (QED) is 0.477. The number of carbonyl (C=O) groups is 1. The van der Waals surface area contributed by atoms with E-state index in [1.165, 1.54) is 0 Å². The maximum Gasteiger partial charge on any atom is 0.405 e. The van der Waals surface area contributed by atoms with Gasteiger partial charge in [0.1, 0.15) is 23.2 Å². The molecule has 1 atom stereocenters. The van der Waals surface area contributed by atoms with Crippen molar-refractivity contribution in [3.63, 3.8) is 0 Å². The minimum absolute atomic E-state index is 0.453. The molecule has 8 nitrogen and oxygen atoms in total. The van der Waals surface area contributed by atoms with E-state index in [2.05, 4.69) is 46.5 Å². The van der Waals surface area contributed by atoms with E-state index >= 15 is 0 Å². The fourth-order valence-corrected chi connectivity index (χ4v) is 3.58. The van der Waals surface area contributed by atoms with Gasteiger partial charge in [0.2, 0.25) is 0 Å². The van der Waals surface area contributed by atoms with Crippen LogP contribution in [0.2, 0.25) is 0 Å². The Morgan fingerprint density at radius 3 is 2.50 bits per heavy atom. The number of nitrogens with one attached hydrogen (secondary N) is 1. The van der Waals surface area contributed by atoms with Crippen molar-refractivity contribution >= 4 is 17.3 Å². The highest BCUT2D eigenvalue weighted by atomic mass is 16.6. The molecule has 34 heavy (non-hydrogen) atoms. The third-order valence-electron chi connectivity index (χ3n) is 4.73. The molecule has 0 saturated heterocycles. The van der Waals surface area contributed by atoms with E-state index in [1.54, 1.807) is 27.0 Å². The first-order chi connectivity index (χ1) is 15.9. The van der Waals surface area contributed by atoms with Crippen LogP contribution in [0.5, 0.6) is 5.75 Å². The minimum atomic E-state index is -0.725. The summed E-state index contributed by atoms with van der Waals surface area (Å²) in [4.78, 5) is 21.9. The highest BCUT2D eigenvalue weighted by Crippen LogP contribution is 2.30. The van der Waals surface area contributed by atoms with Crippen LogP contribution in [0.15, 0.2) is 30.5 Å². The first-order valence-electron chi connectivity index (χ1n) is 11.4. The predicted octanol–water partition coefficient (Wildman–Crippen LogP) is 5.75. The van der Waals surface area contributed by atoms with Crippen molar-refractivity contribution in [2.45, 2.75) is 60.5 Å². The summed E-state index contributed by atoms with van der Waals surface area (Å²) >= 11 is 0. The number of fused-ring (bicyclic) bond motifs is 1. The van der Waals surface area contributed by atoms with Crippen LogP contribution in [0, 0.1) is 30.1 Å². The van der Waals surface area contributed by atoms with Gasteiger partial charge in [0.05, 0.1) is 17.7 Å². The molecule has 2 heterocycles. The smallest absolute Gasteiger partial charge is 0.405 e. The van der Waals surface area contributed by atoms with Crippen LogP contribution in [0.25, 0.3) is 22.3 Å². The van der Waals surface area contributed by atoms with Crippen molar-refractivity contribution in [1.29, 1.82) is 5.26 Å². The van der Waals surface area contributed by atoms with Crippen molar-refractivity contribution in [1.82, 2.24) is 15.0 Å². The number of nitrogens with two attached hydrogens (primary N) is 1. The van der Waals surface area contributed by atoms with Gasteiger partial charge in [-0.1, -0.05) is 26.8 Å². The van der Waals surface area contributed by atoms with Gasteiger partial charge in [-0.05, 0) is 69.7 Å². The standard InChI is InChI=1S/C21H24N4O.C5H11NO2/c1-13(2)9-14(3)12-26-19-6-5-16(10-17(19)11-22)18-7-8-23-21-20(18)24-15(4)25-21;1-5(2,3)8-4(6)7/h5-8,10,13-14H,9,12H2,1-4H3,(H,23,24,25);1-3H3,(H2,6,7). The molecule has 0 saturated carbocycles. The molecule has 0 bridgehead atoms. The molecule has 3 rings (SSSR count). The van der Waals surface area contributed by atoms with Crippen LogP contribution in [0.3, 0.4) is 0 Å². The molecule has 182 valence electrons. The molecule has 8 heteroatoms. The average Bonchev–Trinajstić information content (AvgIpc) is 3.10. The van der Waals surface area contributed by atoms with Crippen LogP contribution < -0.4 is 10.5 Å². The van der Waals surface area contributed by atoms with Gasteiger partial charge in [-0.15, -0.1) is 0 Å². The summed E-state index contributed by atoms with van der Waals surface area (Å²) in [6.07, 6.45) is 2.12. The van der Waals surface area contributed by atoms with Gasteiger partial charge in [0, 0.05) is 11.8 Å².